The quantitative estimate of drug-likeness (QED) is 0.189. The van der Waals surface area contributed by atoms with E-state index in [1.807, 2.05) is 12.4 Å². The summed E-state index contributed by atoms with van der Waals surface area (Å²) in [7, 11) is 0. The zero-order valence-corrected chi connectivity index (χ0v) is 25.4. The van der Waals surface area contributed by atoms with Gasteiger partial charge >= 0.3 is 0 Å². The van der Waals surface area contributed by atoms with Gasteiger partial charge in [-0.15, -0.1) is 0 Å². The van der Waals surface area contributed by atoms with Crippen LogP contribution in [0.25, 0.3) is 0 Å². The lowest BCUT2D eigenvalue weighted by molar-refractivity contribution is 0.487. The van der Waals surface area contributed by atoms with Crippen LogP contribution in [0.3, 0.4) is 0 Å². The zero-order valence-electron chi connectivity index (χ0n) is 25.4. The first-order valence-electron chi connectivity index (χ1n) is 15.9. The number of ether oxygens (including phenoxy) is 1. The highest BCUT2D eigenvalue weighted by atomic mass is 16.5. The van der Waals surface area contributed by atoms with Crippen LogP contribution in [0.1, 0.15) is 0 Å². The molecule has 0 N–H and O–H groups in total. The Bertz CT molecular complexity index is 2310. The number of aromatic nitrogens is 1. The van der Waals surface area contributed by atoms with Crippen LogP contribution in [0.2, 0.25) is 0 Å². The van der Waals surface area contributed by atoms with Crippen LogP contribution in [0.15, 0.2) is 164 Å². The molecule has 7 aromatic rings. The van der Waals surface area contributed by atoms with Crippen LogP contribution in [-0.4, -0.2) is 11.7 Å². The van der Waals surface area contributed by atoms with Gasteiger partial charge in [0.1, 0.15) is 11.5 Å². The van der Waals surface area contributed by atoms with E-state index in [1.54, 1.807) is 0 Å². The minimum absolute atomic E-state index is 0.00409. The minimum atomic E-state index is -0.00409. The van der Waals surface area contributed by atoms with Crippen molar-refractivity contribution in [2.45, 2.75) is 0 Å². The minimum Gasteiger partial charge on any atom is -0.458 e. The van der Waals surface area contributed by atoms with Crippen molar-refractivity contribution in [2.75, 3.05) is 14.7 Å². The molecule has 0 unspecified atom stereocenters. The van der Waals surface area contributed by atoms with Crippen LogP contribution in [0, 0.1) is 0 Å². The first-order valence-corrected chi connectivity index (χ1v) is 15.9. The van der Waals surface area contributed by atoms with Crippen LogP contribution in [0.4, 0.5) is 51.2 Å². The molecule has 0 atom stereocenters. The highest BCUT2D eigenvalue weighted by Gasteiger charge is 2.46. The fourth-order valence-electron chi connectivity index (χ4n) is 7.64. The molecular formula is C41H27BN4O. The summed E-state index contributed by atoms with van der Waals surface area (Å²) in [5, 5.41) is 0. The molecule has 5 nitrogen and oxygen atoms in total. The Balaban J connectivity index is 1.39. The second-order valence-corrected chi connectivity index (χ2v) is 12.0. The molecule has 4 heterocycles. The van der Waals surface area contributed by atoms with Crippen molar-refractivity contribution >= 4 is 74.3 Å². The molecule has 1 aromatic heterocycles. The van der Waals surface area contributed by atoms with Crippen molar-refractivity contribution in [3.63, 3.8) is 0 Å². The van der Waals surface area contributed by atoms with Gasteiger partial charge in [-0.1, -0.05) is 84.9 Å². The maximum atomic E-state index is 6.92. The summed E-state index contributed by atoms with van der Waals surface area (Å²) in [5.41, 5.74) is 13.4. The zero-order chi connectivity index (χ0) is 30.9. The van der Waals surface area contributed by atoms with E-state index in [4.69, 9.17) is 4.74 Å². The molecule has 0 spiro atoms. The van der Waals surface area contributed by atoms with E-state index in [0.29, 0.717) is 0 Å². The largest absolute Gasteiger partial charge is 0.458 e. The molecule has 3 aliphatic heterocycles. The molecule has 47 heavy (non-hydrogen) atoms. The first-order chi connectivity index (χ1) is 23.4. The van der Waals surface area contributed by atoms with Crippen molar-refractivity contribution in [3.8, 4) is 11.5 Å². The number of hydrogen-bond donors (Lipinski definition) is 0. The molecule has 0 radical (unpaired) electrons. The van der Waals surface area contributed by atoms with E-state index in [2.05, 4.69) is 171 Å². The third kappa shape index (κ3) is 3.76. The van der Waals surface area contributed by atoms with Gasteiger partial charge in [0.15, 0.2) is 0 Å². The van der Waals surface area contributed by atoms with Gasteiger partial charge in [0.05, 0.1) is 28.4 Å². The standard InChI is InChI=1S/C41H27BN4O/c1-3-13-28(14-4-1)45-33-19-9-7-17-31(33)42-32-18-8-12-22-37(32)47-38-27-36-40(41(45)39(38)42)46(29-15-5-2-6-16-29)35-21-11-10-20-34(35)44(36)30-23-25-43-26-24-30/h1-27H. The second-order valence-electron chi connectivity index (χ2n) is 12.0. The smallest absolute Gasteiger partial charge is 0.256 e. The molecule has 0 bridgehead atoms. The predicted octanol–water partition coefficient (Wildman–Crippen LogP) is 8.74. The number of fused-ring (bicyclic) bond motifs is 7. The summed E-state index contributed by atoms with van der Waals surface area (Å²) in [5.74, 6) is 1.76. The van der Waals surface area contributed by atoms with E-state index in [1.165, 1.54) is 16.4 Å². The van der Waals surface area contributed by atoms with E-state index < -0.39 is 0 Å². The van der Waals surface area contributed by atoms with E-state index in [0.717, 1.165) is 62.7 Å². The molecule has 0 aliphatic carbocycles. The van der Waals surface area contributed by atoms with E-state index >= 15 is 0 Å². The van der Waals surface area contributed by atoms with Gasteiger partial charge < -0.3 is 19.4 Å². The summed E-state index contributed by atoms with van der Waals surface area (Å²) in [6.07, 6.45) is 3.72. The Kier molecular flexibility index (Phi) is 5.60. The van der Waals surface area contributed by atoms with Crippen molar-refractivity contribution < 1.29 is 4.74 Å². The summed E-state index contributed by atoms with van der Waals surface area (Å²) >= 11 is 0. The number of benzene rings is 6. The normalized spacial score (nSPS) is 13.5. The topological polar surface area (TPSA) is 31.8 Å². The average Bonchev–Trinajstić information content (AvgIpc) is 3.14. The molecule has 6 heteroatoms. The fraction of sp³-hybridized carbons (Fsp3) is 0. The molecule has 3 aliphatic rings. The molecular weight excluding hydrogens is 575 g/mol. The maximum absolute atomic E-state index is 6.92. The van der Waals surface area contributed by atoms with Crippen LogP contribution < -0.4 is 35.8 Å². The Morgan fingerprint density at radius 2 is 0.957 bits per heavy atom. The number of anilines is 9. The molecule has 0 amide bonds. The van der Waals surface area contributed by atoms with Crippen molar-refractivity contribution in [1.29, 1.82) is 0 Å². The number of hydrogen-bond acceptors (Lipinski definition) is 5. The molecule has 0 fully saturated rings. The SMILES string of the molecule is c1ccc(N2c3ccccc3N(c3ccncc3)c3cc4c5c(c32)N(c2ccccc2)c2ccccc2B5c2ccccc2O4)cc1. The summed E-state index contributed by atoms with van der Waals surface area (Å²) in [6.45, 7) is -0.00409. The summed E-state index contributed by atoms with van der Waals surface area (Å²) in [6, 6.07) is 53.8. The third-order valence-electron chi connectivity index (χ3n) is 9.48. The molecule has 10 rings (SSSR count). The Morgan fingerprint density at radius 1 is 0.426 bits per heavy atom. The van der Waals surface area contributed by atoms with Crippen molar-refractivity contribution in [3.05, 3.63) is 164 Å². The van der Waals surface area contributed by atoms with Crippen molar-refractivity contribution in [1.82, 2.24) is 4.98 Å². The van der Waals surface area contributed by atoms with Gasteiger partial charge in [-0.05, 0) is 77.1 Å². The lowest BCUT2D eigenvalue weighted by atomic mass is 9.34. The van der Waals surface area contributed by atoms with Gasteiger partial charge in [-0.25, -0.2) is 0 Å². The number of nitrogens with zero attached hydrogens (tertiary/aromatic N) is 4. The Labute approximate surface area is 273 Å². The monoisotopic (exact) mass is 602 g/mol. The van der Waals surface area contributed by atoms with Crippen LogP contribution >= 0.6 is 0 Å². The second kappa shape index (κ2) is 10.1. The van der Waals surface area contributed by atoms with Gasteiger partial charge in [0.25, 0.3) is 6.71 Å². The average molecular weight is 603 g/mol. The van der Waals surface area contributed by atoms with Crippen LogP contribution in [0.5, 0.6) is 11.5 Å². The number of pyridine rings is 1. The van der Waals surface area contributed by atoms with Gasteiger partial charge in [-0.3, -0.25) is 4.98 Å². The highest BCUT2D eigenvalue weighted by Crippen LogP contribution is 2.60. The number of rotatable bonds is 3. The Morgan fingerprint density at radius 3 is 1.66 bits per heavy atom. The molecule has 220 valence electrons. The van der Waals surface area contributed by atoms with Crippen molar-refractivity contribution in [2.24, 2.45) is 0 Å². The van der Waals surface area contributed by atoms with Gasteiger partial charge in [0.2, 0.25) is 0 Å². The third-order valence-corrected chi connectivity index (χ3v) is 9.48. The lowest BCUT2D eigenvalue weighted by Gasteiger charge is -2.47. The summed E-state index contributed by atoms with van der Waals surface area (Å²) < 4.78 is 6.92. The molecule has 0 saturated heterocycles. The number of para-hydroxylation sites is 6. The van der Waals surface area contributed by atoms with E-state index in [9.17, 15) is 0 Å². The van der Waals surface area contributed by atoms with Gasteiger partial charge in [-0.2, -0.15) is 0 Å². The predicted molar refractivity (Wildman–Crippen MR) is 193 cm³/mol. The summed E-state index contributed by atoms with van der Waals surface area (Å²) in [4.78, 5) is 11.6. The van der Waals surface area contributed by atoms with Crippen LogP contribution in [-0.2, 0) is 0 Å². The van der Waals surface area contributed by atoms with E-state index in [-0.39, 0.29) is 6.71 Å². The molecule has 6 aromatic carbocycles. The maximum Gasteiger partial charge on any atom is 0.256 e. The highest BCUT2D eigenvalue weighted by molar-refractivity contribution is 6.99. The molecule has 0 saturated carbocycles. The first kappa shape index (κ1) is 26.0. The fourth-order valence-corrected chi connectivity index (χ4v) is 7.64. The Hall–Kier alpha value is -6.27. The lowest BCUT2D eigenvalue weighted by Crippen LogP contribution is -2.59. The van der Waals surface area contributed by atoms with Gasteiger partial charge in [0, 0.05) is 41.2 Å².